The monoisotopic (exact) mass is 391 g/mol. The molecule has 0 saturated heterocycles. The summed E-state index contributed by atoms with van der Waals surface area (Å²) in [6, 6.07) is 6.29. The van der Waals surface area contributed by atoms with Crippen molar-refractivity contribution in [2.75, 3.05) is 43.8 Å². The van der Waals surface area contributed by atoms with Gasteiger partial charge in [-0.1, -0.05) is 13.8 Å². The Labute approximate surface area is 157 Å². The number of benzene rings is 1. The van der Waals surface area contributed by atoms with Crippen molar-refractivity contribution in [2.45, 2.75) is 32.1 Å². The lowest BCUT2D eigenvalue weighted by atomic mass is 10.3. The third kappa shape index (κ3) is 9.21. The number of hydrogen-bond donors (Lipinski definition) is 2. The maximum absolute atomic E-state index is 12.3. The molecule has 25 heavy (non-hydrogen) atoms. The van der Waals surface area contributed by atoms with Crippen molar-refractivity contribution in [1.29, 1.82) is 0 Å². The molecule has 0 atom stereocenters. The first kappa shape index (κ1) is 23.9. The summed E-state index contributed by atoms with van der Waals surface area (Å²) in [5.41, 5.74) is 0.597. The normalized spacial score (nSPS) is 11.2. The summed E-state index contributed by atoms with van der Waals surface area (Å²) in [6.45, 7) is 10.3. The summed E-state index contributed by atoms with van der Waals surface area (Å²) in [6.07, 6.45) is 0.577. The van der Waals surface area contributed by atoms with Gasteiger partial charge in [-0.25, -0.2) is 8.42 Å². The molecule has 0 aliphatic heterocycles. The fraction of sp³-hybridized carbons (Fsp3) is 0.588. The summed E-state index contributed by atoms with van der Waals surface area (Å²) >= 11 is 0. The van der Waals surface area contributed by atoms with Gasteiger partial charge in [0.1, 0.15) is 0 Å². The van der Waals surface area contributed by atoms with E-state index >= 15 is 0 Å². The van der Waals surface area contributed by atoms with Gasteiger partial charge in [-0.05, 0) is 50.3 Å². The minimum Gasteiger partial charge on any atom is -0.326 e. The van der Waals surface area contributed by atoms with Crippen LogP contribution in [0.15, 0.2) is 29.2 Å². The van der Waals surface area contributed by atoms with Gasteiger partial charge in [0, 0.05) is 25.7 Å². The number of rotatable bonds is 11. The van der Waals surface area contributed by atoms with E-state index in [1.54, 1.807) is 12.1 Å². The van der Waals surface area contributed by atoms with Crippen LogP contribution in [0, 0.1) is 0 Å². The van der Waals surface area contributed by atoms with Gasteiger partial charge in [0.05, 0.1) is 10.6 Å². The molecule has 1 aromatic carbocycles. The number of hydrogen-bond acceptors (Lipinski definition) is 5. The van der Waals surface area contributed by atoms with Crippen molar-refractivity contribution in [3.63, 3.8) is 0 Å². The molecule has 0 unspecified atom stereocenters. The third-order valence-electron chi connectivity index (χ3n) is 3.80. The van der Waals surface area contributed by atoms with Gasteiger partial charge in [-0.15, -0.1) is 12.4 Å². The van der Waals surface area contributed by atoms with Crippen LogP contribution in [0.25, 0.3) is 0 Å². The zero-order valence-corrected chi connectivity index (χ0v) is 16.9. The summed E-state index contributed by atoms with van der Waals surface area (Å²) in [7, 11) is -3.28. The average molecular weight is 392 g/mol. The minimum atomic E-state index is -3.28. The van der Waals surface area contributed by atoms with E-state index in [0.29, 0.717) is 23.5 Å². The molecule has 1 rings (SSSR count). The lowest BCUT2D eigenvalue weighted by Crippen LogP contribution is -2.32. The maximum atomic E-state index is 12.3. The highest BCUT2D eigenvalue weighted by Crippen LogP contribution is 2.16. The standard InChI is InChI=1S/C17H29N3O3S.ClH/c1-4-20(5-2)13-12-18-11-6-14-24(22,23)17-9-7-16(8-10-17)19-15(3)21;/h7-10,18H,4-6,11-14H2,1-3H3,(H,19,21);1H. The molecule has 1 amide bonds. The summed E-state index contributed by atoms with van der Waals surface area (Å²) in [5, 5.41) is 5.91. The van der Waals surface area contributed by atoms with E-state index in [0.717, 1.165) is 26.2 Å². The topological polar surface area (TPSA) is 78.5 Å². The van der Waals surface area contributed by atoms with E-state index in [1.807, 2.05) is 0 Å². The Hall–Kier alpha value is -1.15. The number of nitrogens with zero attached hydrogens (tertiary/aromatic N) is 1. The van der Waals surface area contributed by atoms with E-state index in [9.17, 15) is 13.2 Å². The first-order chi connectivity index (χ1) is 11.4. The number of amides is 1. The molecular formula is C17H30ClN3O3S. The second-order valence-electron chi connectivity index (χ2n) is 5.65. The molecule has 0 aromatic heterocycles. The Bertz CT molecular complexity index is 602. The minimum absolute atomic E-state index is 0. The SMILES string of the molecule is CCN(CC)CCNCCCS(=O)(=O)c1ccc(NC(C)=O)cc1.Cl. The largest absolute Gasteiger partial charge is 0.326 e. The van der Waals surface area contributed by atoms with Crippen LogP contribution >= 0.6 is 12.4 Å². The van der Waals surface area contributed by atoms with Crippen LogP contribution in [0.2, 0.25) is 0 Å². The van der Waals surface area contributed by atoms with Gasteiger partial charge < -0.3 is 15.5 Å². The molecule has 0 bridgehead atoms. The molecule has 144 valence electrons. The van der Waals surface area contributed by atoms with Crippen molar-refractivity contribution >= 4 is 33.8 Å². The predicted molar refractivity (Wildman–Crippen MR) is 105 cm³/mol. The smallest absolute Gasteiger partial charge is 0.221 e. The van der Waals surface area contributed by atoms with Gasteiger partial charge in [0.2, 0.25) is 5.91 Å². The fourth-order valence-corrected chi connectivity index (χ4v) is 3.67. The van der Waals surface area contributed by atoms with E-state index in [1.165, 1.54) is 19.1 Å². The number of carbonyl (C=O) groups is 1. The first-order valence-electron chi connectivity index (χ1n) is 8.42. The van der Waals surface area contributed by atoms with Crippen LogP contribution in [0.1, 0.15) is 27.2 Å². The molecule has 0 fully saturated rings. The van der Waals surface area contributed by atoms with Crippen LogP contribution in [-0.4, -0.2) is 57.7 Å². The summed E-state index contributed by atoms with van der Waals surface area (Å²) in [5.74, 6) is -0.0634. The molecular weight excluding hydrogens is 362 g/mol. The van der Waals surface area contributed by atoms with Crippen molar-refractivity contribution in [3.8, 4) is 0 Å². The van der Waals surface area contributed by atoms with E-state index in [-0.39, 0.29) is 24.1 Å². The quantitative estimate of drug-likeness (QED) is 0.565. The van der Waals surface area contributed by atoms with Gasteiger partial charge >= 0.3 is 0 Å². The molecule has 1 aromatic rings. The molecule has 0 spiro atoms. The van der Waals surface area contributed by atoms with Crippen LogP contribution in [-0.2, 0) is 14.6 Å². The summed E-state index contributed by atoms with van der Waals surface area (Å²) in [4.78, 5) is 13.6. The molecule has 6 nitrogen and oxygen atoms in total. The highest BCUT2D eigenvalue weighted by molar-refractivity contribution is 7.91. The number of anilines is 1. The van der Waals surface area contributed by atoms with Gasteiger partial charge in [0.15, 0.2) is 9.84 Å². The second kappa shape index (κ2) is 12.2. The lowest BCUT2D eigenvalue weighted by molar-refractivity contribution is -0.114. The van der Waals surface area contributed by atoms with Crippen LogP contribution in [0.3, 0.4) is 0 Å². The maximum Gasteiger partial charge on any atom is 0.221 e. The third-order valence-corrected chi connectivity index (χ3v) is 5.62. The Morgan fingerprint density at radius 1 is 1.08 bits per heavy atom. The Morgan fingerprint density at radius 2 is 1.68 bits per heavy atom. The average Bonchev–Trinajstić information content (AvgIpc) is 2.54. The Kier molecular flexibility index (Phi) is 11.7. The number of carbonyl (C=O) groups excluding carboxylic acids is 1. The van der Waals surface area contributed by atoms with Crippen molar-refractivity contribution < 1.29 is 13.2 Å². The zero-order chi connectivity index (χ0) is 18.0. The number of halogens is 1. The second-order valence-corrected chi connectivity index (χ2v) is 7.76. The highest BCUT2D eigenvalue weighted by Gasteiger charge is 2.13. The molecule has 0 saturated carbocycles. The van der Waals surface area contributed by atoms with Crippen molar-refractivity contribution in [1.82, 2.24) is 10.2 Å². The first-order valence-corrected chi connectivity index (χ1v) is 10.1. The lowest BCUT2D eigenvalue weighted by Gasteiger charge is -2.17. The van der Waals surface area contributed by atoms with Crippen molar-refractivity contribution in [3.05, 3.63) is 24.3 Å². The van der Waals surface area contributed by atoms with Gasteiger partial charge in [-0.3, -0.25) is 4.79 Å². The van der Waals surface area contributed by atoms with E-state index < -0.39 is 9.84 Å². The molecule has 0 radical (unpaired) electrons. The Morgan fingerprint density at radius 3 is 2.20 bits per heavy atom. The zero-order valence-electron chi connectivity index (χ0n) is 15.2. The molecule has 0 heterocycles. The molecule has 0 aliphatic rings. The van der Waals surface area contributed by atoms with Gasteiger partial charge in [-0.2, -0.15) is 0 Å². The molecule has 0 aliphatic carbocycles. The molecule has 8 heteroatoms. The number of likely N-dealkylation sites (N-methyl/N-ethyl adjacent to an activating group) is 1. The Balaban J connectivity index is 0.00000576. The fourth-order valence-electron chi connectivity index (χ4n) is 2.36. The number of sulfone groups is 1. The van der Waals surface area contributed by atoms with Gasteiger partial charge in [0.25, 0.3) is 0 Å². The van der Waals surface area contributed by atoms with Crippen LogP contribution in [0.5, 0.6) is 0 Å². The van der Waals surface area contributed by atoms with Crippen LogP contribution in [0.4, 0.5) is 5.69 Å². The number of nitrogens with one attached hydrogen (secondary N) is 2. The molecule has 2 N–H and O–H groups in total. The predicted octanol–water partition coefficient (Wildman–Crippen LogP) is 2.16. The van der Waals surface area contributed by atoms with Crippen molar-refractivity contribution in [2.24, 2.45) is 0 Å². The van der Waals surface area contributed by atoms with Crippen LogP contribution < -0.4 is 10.6 Å². The van der Waals surface area contributed by atoms with E-state index in [4.69, 9.17) is 0 Å². The van der Waals surface area contributed by atoms with E-state index in [2.05, 4.69) is 29.4 Å². The summed E-state index contributed by atoms with van der Waals surface area (Å²) < 4.78 is 24.6. The highest BCUT2D eigenvalue weighted by atomic mass is 35.5.